The van der Waals surface area contributed by atoms with Gasteiger partial charge in [-0.25, -0.2) is 4.39 Å². The third-order valence-electron chi connectivity index (χ3n) is 2.90. The number of aryl methyl sites for hydroxylation is 1. The van der Waals surface area contributed by atoms with Crippen molar-refractivity contribution in [2.45, 2.75) is 6.54 Å². The monoisotopic (exact) mass is 261 g/mol. The molecule has 0 spiro atoms. The first-order valence-electron chi connectivity index (χ1n) is 5.89. The van der Waals surface area contributed by atoms with E-state index >= 15 is 0 Å². The lowest BCUT2D eigenvalue weighted by Crippen LogP contribution is -2.27. The number of amides is 1. The second-order valence-corrected chi connectivity index (χ2v) is 4.56. The van der Waals surface area contributed by atoms with Gasteiger partial charge < -0.3 is 15.2 Å². The van der Waals surface area contributed by atoms with Crippen molar-refractivity contribution < 1.29 is 9.18 Å². The molecule has 0 aliphatic carbocycles. The molecule has 2 aromatic rings. The molecule has 0 saturated heterocycles. The zero-order chi connectivity index (χ0) is 14.0. The summed E-state index contributed by atoms with van der Waals surface area (Å²) in [4.78, 5) is 13.8. The highest BCUT2D eigenvalue weighted by Gasteiger charge is 2.16. The minimum atomic E-state index is -0.304. The predicted octanol–water partition coefficient (Wildman–Crippen LogP) is 2.02. The molecule has 4 nitrogen and oxygen atoms in total. The fraction of sp³-hybridized carbons (Fsp3) is 0.214. The van der Waals surface area contributed by atoms with E-state index in [-0.39, 0.29) is 11.7 Å². The third-order valence-corrected chi connectivity index (χ3v) is 2.90. The summed E-state index contributed by atoms with van der Waals surface area (Å²) in [6.07, 6.45) is 1.68. The normalized spacial score (nSPS) is 10.5. The van der Waals surface area contributed by atoms with Gasteiger partial charge in [0.2, 0.25) is 0 Å². The number of carbonyl (C=O) groups excluding carboxylic acids is 1. The highest BCUT2D eigenvalue weighted by Crippen LogP contribution is 2.13. The molecule has 1 aromatic heterocycles. The maximum atomic E-state index is 13.1. The Labute approximate surface area is 111 Å². The van der Waals surface area contributed by atoms with E-state index in [1.165, 1.54) is 17.0 Å². The quantitative estimate of drug-likeness (QED) is 0.919. The molecule has 100 valence electrons. The molecule has 0 fully saturated rings. The Morgan fingerprint density at radius 1 is 1.42 bits per heavy atom. The summed E-state index contributed by atoms with van der Waals surface area (Å²) in [5, 5.41) is 0. The van der Waals surface area contributed by atoms with Crippen LogP contribution >= 0.6 is 0 Å². The molecule has 0 radical (unpaired) electrons. The molecular formula is C14H16FN3O. The van der Waals surface area contributed by atoms with Gasteiger partial charge in [0.25, 0.3) is 5.91 Å². The molecule has 1 aromatic carbocycles. The van der Waals surface area contributed by atoms with E-state index in [9.17, 15) is 9.18 Å². The average Bonchev–Trinajstić information content (AvgIpc) is 2.67. The standard InChI is InChI=1S/C14H16FN3O/c1-17-9-12(16)7-13(17)14(19)18(2)8-10-4-3-5-11(15)6-10/h3-7,9H,8,16H2,1-2H3. The van der Waals surface area contributed by atoms with Crippen LogP contribution in [0.4, 0.5) is 10.1 Å². The Balaban J connectivity index is 2.14. The number of hydrogen-bond donors (Lipinski definition) is 1. The molecule has 5 heteroatoms. The minimum absolute atomic E-state index is 0.150. The van der Waals surface area contributed by atoms with Crippen molar-refractivity contribution in [1.82, 2.24) is 9.47 Å². The van der Waals surface area contributed by atoms with E-state index in [2.05, 4.69) is 0 Å². The van der Waals surface area contributed by atoms with Crippen LogP contribution in [0.1, 0.15) is 16.1 Å². The van der Waals surface area contributed by atoms with Crippen LogP contribution in [0.5, 0.6) is 0 Å². The summed E-state index contributed by atoms with van der Waals surface area (Å²) < 4.78 is 14.8. The van der Waals surface area contributed by atoms with Gasteiger partial charge in [-0.15, -0.1) is 0 Å². The van der Waals surface area contributed by atoms with Crippen molar-refractivity contribution in [3.8, 4) is 0 Å². The molecular weight excluding hydrogens is 245 g/mol. The number of rotatable bonds is 3. The highest BCUT2D eigenvalue weighted by molar-refractivity contribution is 5.93. The largest absolute Gasteiger partial charge is 0.397 e. The van der Waals surface area contributed by atoms with Crippen LogP contribution in [-0.4, -0.2) is 22.4 Å². The van der Waals surface area contributed by atoms with Crippen LogP contribution in [0.2, 0.25) is 0 Å². The summed E-state index contributed by atoms with van der Waals surface area (Å²) in [6, 6.07) is 7.84. The Morgan fingerprint density at radius 2 is 2.16 bits per heavy atom. The summed E-state index contributed by atoms with van der Waals surface area (Å²) in [7, 11) is 3.44. The fourth-order valence-corrected chi connectivity index (χ4v) is 1.98. The van der Waals surface area contributed by atoms with Gasteiger partial charge in [-0.05, 0) is 23.8 Å². The van der Waals surface area contributed by atoms with Crippen molar-refractivity contribution in [3.63, 3.8) is 0 Å². The summed E-state index contributed by atoms with van der Waals surface area (Å²) in [6.45, 7) is 0.349. The first-order chi connectivity index (χ1) is 8.97. The van der Waals surface area contributed by atoms with E-state index in [1.807, 2.05) is 0 Å². The second kappa shape index (κ2) is 5.14. The van der Waals surface area contributed by atoms with Crippen LogP contribution in [0.3, 0.4) is 0 Å². The molecule has 0 atom stereocenters. The molecule has 0 aliphatic rings. The summed E-state index contributed by atoms with van der Waals surface area (Å²) in [5.74, 6) is -0.454. The lowest BCUT2D eigenvalue weighted by Gasteiger charge is -2.17. The minimum Gasteiger partial charge on any atom is -0.397 e. The number of hydrogen-bond acceptors (Lipinski definition) is 2. The molecule has 0 unspecified atom stereocenters. The van der Waals surface area contributed by atoms with Gasteiger partial charge in [0.05, 0.1) is 5.69 Å². The molecule has 0 aliphatic heterocycles. The number of carbonyl (C=O) groups is 1. The van der Waals surface area contributed by atoms with E-state index < -0.39 is 0 Å². The van der Waals surface area contributed by atoms with Gasteiger partial charge in [0.1, 0.15) is 11.5 Å². The van der Waals surface area contributed by atoms with Crippen molar-refractivity contribution in [3.05, 3.63) is 53.6 Å². The van der Waals surface area contributed by atoms with Crippen LogP contribution in [0.15, 0.2) is 36.5 Å². The van der Waals surface area contributed by atoms with Crippen molar-refractivity contribution in [2.75, 3.05) is 12.8 Å². The first-order valence-corrected chi connectivity index (χ1v) is 5.89. The van der Waals surface area contributed by atoms with E-state index in [1.54, 1.807) is 43.1 Å². The van der Waals surface area contributed by atoms with Gasteiger partial charge in [-0.2, -0.15) is 0 Å². The second-order valence-electron chi connectivity index (χ2n) is 4.56. The topological polar surface area (TPSA) is 51.3 Å². The maximum Gasteiger partial charge on any atom is 0.270 e. The van der Waals surface area contributed by atoms with Crippen LogP contribution in [0.25, 0.3) is 0 Å². The summed E-state index contributed by atoms with van der Waals surface area (Å²) in [5.41, 5.74) is 7.45. The first kappa shape index (κ1) is 13.1. The SMILES string of the molecule is CN(Cc1cccc(F)c1)C(=O)c1cc(N)cn1C. The van der Waals surface area contributed by atoms with Crippen LogP contribution in [-0.2, 0) is 13.6 Å². The lowest BCUT2D eigenvalue weighted by atomic mass is 10.2. The maximum absolute atomic E-state index is 13.1. The van der Waals surface area contributed by atoms with E-state index in [0.717, 1.165) is 5.56 Å². The molecule has 1 heterocycles. The van der Waals surface area contributed by atoms with Gasteiger partial charge >= 0.3 is 0 Å². The number of nitrogens with two attached hydrogens (primary N) is 1. The lowest BCUT2D eigenvalue weighted by molar-refractivity contribution is 0.0775. The van der Waals surface area contributed by atoms with Crippen LogP contribution in [0, 0.1) is 5.82 Å². The Bertz CT molecular complexity index is 606. The number of nitrogens with zero attached hydrogens (tertiary/aromatic N) is 2. The van der Waals surface area contributed by atoms with Crippen LogP contribution < -0.4 is 5.73 Å². The Kier molecular flexibility index (Phi) is 3.55. The number of anilines is 1. The molecule has 2 rings (SSSR count). The molecule has 1 amide bonds. The summed E-state index contributed by atoms with van der Waals surface area (Å²) >= 11 is 0. The molecule has 2 N–H and O–H groups in total. The fourth-order valence-electron chi connectivity index (χ4n) is 1.98. The predicted molar refractivity (Wildman–Crippen MR) is 72.0 cm³/mol. The van der Waals surface area contributed by atoms with Crippen molar-refractivity contribution in [1.29, 1.82) is 0 Å². The smallest absolute Gasteiger partial charge is 0.270 e. The average molecular weight is 261 g/mol. The van der Waals surface area contributed by atoms with Crippen molar-refractivity contribution >= 4 is 11.6 Å². The van der Waals surface area contributed by atoms with Gasteiger partial charge in [0, 0.05) is 26.8 Å². The number of benzene rings is 1. The van der Waals surface area contributed by atoms with Gasteiger partial charge in [-0.3, -0.25) is 4.79 Å². The van der Waals surface area contributed by atoms with Gasteiger partial charge in [-0.1, -0.05) is 12.1 Å². The number of aromatic nitrogens is 1. The zero-order valence-corrected chi connectivity index (χ0v) is 10.9. The zero-order valence-electron chi connectivity index (χ0n) is 10.9. The highest BCUT2D eigenvalue weighted by atomic mass is 19.1. The number of halogens is 1. The van der Waals surface area contributed by atoms with E-state index in [0.29, 0.717) is 17.9 Å². The molecule has 0 bridgehead atoms. The van der Waals surface area contributed by atoms with Gasteiger partial charge in [0.15, 0.2) is 0 Å². The van der Waals surface area contributed by atoms with Crippen molar-refractivity contribution in [2.24, 2.45) is 7.05 Å². The Hall–Kier alpha value is -2.30. The third kappa shape index (κ3) is 2.93. The van der Waals surface area contributed by atoms with E-state index in [4.69, 9.17) is 5.73 Å². The molecule has 19 heavy (non-hydrogen) atoms. The Morgan fingerprint density at radius 3 is 2.74 bits per heavy atom. The number of nitrogen functional groups attached to an aromatic ring is 1. The molecule has 0 saturated carbocycles.